The molecule has 0 aliphatic rings. The van der Waals surface area contributed by atoms with Crippen LogP contribution in [-0.2, 0) is 11.3 Å². The van der Waals surface area contributed by atoms with Crippen LogP contribution in [0.4, 0.5) is 0 Å². The molecule has 0 unspecified atom stereocenters. The Bertz CT molecular complexity index is 321. The fourth-order valence-corrected chi connectivity index (χ4v) is 1.22. The molecule has 3 nitrogen and oxygen atoms in total. The minimum absolute atomic E-state index is 0.0166. The van der Waals surface area contributed by atoms with Crippen molar-refractivity contribution in [3.63, 3.8) is 0 Å². The summed E-state index contributed by atoms with van der Waals surface area (Å²) in [7, 11) is 5.12. The molecule has 0 N–H and O–H groups in total. The number of carbonyl (C=O) groups is 1. The topological polar surface area (TPSA) is 29.5 Å². The highest BCUT2D eigenvalue weighted by molar-refractivity contribution is 5.93. The van der Waals surface area contributed by atoms with Crippen molar-refractivity contribution in [2.45, 2.75) is 6.61 Å². The molecule has 0 atom stereocenters. The number of hydrogen-bond acceptors (Lipinski definition) is 2. The smallest absolute Gasteiger partial charge is 0.253 e. The van der Waals surface area contributed by atoms with Gasteiger partial charge < -0.3 is 9.64 Å². The lowest BCUT2D eigenvalue weighted by Gasteiger charge is -2.10. The molecule has 0 aliphatic carbocycles. The maximum Gasteiger partial charge on any atom is 0.253 e. The molecule has 0 bridgehead atoms. The van der Waals surface area contributed by atoms with Gasteiger partial charge in [0.1, 0.15) is 0 Å². The van der Waals surface area contributed by atoms with E-state index in [0.717, 1.165) is 5.56 Å². The van der Waals surface area contributed by atoms with Crippen LogP contribution >= 0.6 is 0 Å². The second-order valence-corrected chi connectivity index (χ2v) is 3.33. The molecule has 0 aromatic heterocycles. The molecule has 1 rings (SSSR count). The number of carbonyl (C=O) groups excluding carboxylic acids is 1. The van der Waals surface area contributed by atoms with Crippen molar-refractivity contribution >= 4 is 5.91 Å². The van der Waals surface area contributed by atoms with Gasteiger partial charge in [0.25, 0.3) is 5.91 Å². The van der Waals surface area contributed by atoms with Crippen molar-refractivity contribution in [1.29, 1.82) is 0 Å². The molecule has 0 saturated carbocycles. The van der Waals surface area contributed by atoms with E-state index in [1.165, 1.54) is 0 Å². The van der Waals surface area contributed by atoms with E-state index < -0.39 is 0 Å². The Hall–Kier alpha value is -1.35. The standard InChI is InChI=1S/C11H15NO2/c1-12(2)11(13)10-6-4-5-9(7-10)8-14-3/h4-7H,8H2,1-3H3. The van der Waals surface area contributed by atoms with Crippen molar-refractivity contribution in [3.8, 4) is 0 Å². The molecule has 1 aromatic rings. The second kappa shape index (κ2) is 4.77. The third-order valence-electron chi connectivity index (χ3n) is 1.89. The quantitative estimate of drug-likeness (QED) is 0.728. The first-order valence-electron chi connectivity index (χ1n) is 4.44. The predicted molar refractivity (Wildman–Crippen MR) is 55.2 cm³/mol. The molecule has 3 heteroatoms. The molecule has 0 spiro atoms. The monoisotopic (exact) mass is 193 g/mol. The predicted octanol–water partition coefficient (Wildman–Crippen LogP) is 1.53. The van der Waals surface area contributed by atoms with E-state index in [1.54, 1.807) is 26.1 Å². The van der Waals surface area contributed by atoms with E-state index in [4.69, 9.17) is 4.74 Å². The van der Waals surface area contributed by atoms with E-state index in [0.29, 0.717) is 12.2 Å². The van der Waals surface area contributed by atoms with Crippen LogP contribution in [0.1, 0.15) is 15.9 Å². The average molecular weight is 193 g/mol. The van der Waals surface area contributed by atoms with Gasteiger partial charge in [-0.15, -0.1) is 0 Å². The van der Waals surface area contributed by atoms with Crippen molar-refractivity contribution < 1.29 is 9.53 Å². The SMILES string of the molecule is COCc1cccc(C(=O)N(C)C)c1. The van der Waals surface area contributed by atoms with Crippen LogP contribution < -0.4 is 0 Å². The maximum atomic E-state index is 11.6. The Labute approximate surface area is 84.3 Å². The van der Waals surface area contributed by atoms with Crippen LogP contribution in [0.15, 0.2) is 24.3 Å². The highest BCUT2D eigenvalue weighted by atomic mass is 16.5. The van der Waals surface area contributed by atoms with Gasteiger partial charge >= 0.3 is 0 Å². The van der Waals surface area contributed by atoms with Gasteiger partial charge in [0.15, 0.2) is 0 Å². The zero-order valence-corrected chi connectivity index (χ0v) is 8.78. The third kappa shape index (κ3) is 2.57. The van der Waals surface area contributed by atoms with Crippen molar-refractivity contribution in [3.05, 3.63) is 35.4 Å². The van der Waals surface area contributed by atoms with Crippen LogP contribution in [0.2, 0.25) is 0 Å². The molecular formula is C11H15NO2. The molecule has 0 fully saturated rings. The number of rotatable bonds is 3. The lowest BCUT2D eigenvalue weighted by atomic mass is 10.1. The lowest BCUT2D eigenvalue weighted by Crippen LogP contribution is -2.21. The van der Waals surface area contributed by atoms with Gasteiger partial charge in [-0.05, 0) is 17.7 Å². The number of hydrogen-bond donors (Lipinski definition) is 0. The molecule has 14 heavy (non-hydrogen) atoms. The van der Waals surface area contributed by atoms with Gasteiger partial charge in [0, 0.05) is 26.8 Å². The summed E-state index contributed by atoms with van der Waals surface area (Å²) in [6.45, 7) is 0.536. The molecule has 76 valence electrons. The van der Waals surface area contributed by atoms with Crippen LogP contribution in [-0.4, -0.2) is 32.0 Å². The fraction of sp³-hybridized carbons (Fsp3) is 0.364. The van der Waals surface area contributed by atoms with Gasteiger partial charge in [0.05, 0.1) is 6.61 Å². The van der Waals surface area contributed by atoms with Crippen molar-refractivity contribution in [1.82, 2.24) is 4.90 Å². The van der Waals surface area contributed by atoms with Crippen LogP contribution in [0, 0.1) is 0 Å². The summed E-state index contributed by atoms with van der Waals surface area (Å²) in [5.41, 5.74) is 1.71. The van der Waals surface area contributed by atoms with Gasteiger partial charge in [-0.25, -0.2) is 0 Å². The summed E-state index contributed by atoms with van der Waals surface area (Å²) in [5.74, 6) is 0.0166. The third-order valence-corrected chi connectivity index (χ3v) is 1.89. The molecule has 1 aromatic carbocycles. The number of benzene rings is 1. The molecule has 0 aliphatic heterocycles. The van der Waals surface area contributed by atoms with E-state index in [2.05, 4.69) is 0 Å². The van der Waals surface area contributed by atoms with Crippen molar-refractivity contribution in [2.75, 3.05) is 21.2 Å². The van der Waals surface area contributed by atoms with Crippen LogP contribution in [0.5, 0.6) is 0 Å². The number of ether oxygens (including phenoxy) is 1. The van der Waals surface area contributed by atoms with E-state index >= 15 is 0 Å². The van der Waals surface area contributed by atoms with Gasteiger partial charge in [-0.2, -0.15) is 0 Å². The summed E-state index contributed by atoms with van der Waals surface area (Å²) in [5, 5.41) is 0. The highest BCUT2D eigenvalue weighted by Crippen LogP contribution is 2.07. The molecule has 0 radical (unpaired) electrons. The first-order valence-corrected chi connectivity index (χ1v) is 4.44. The second-order valence-electron chi connectivity index (χ2n) is 3.33. The molecule has 0 heterocycles. The minimum Gasteiger partial charge on any atom is -0.380 e. The summed E-state index contributed by atoms with van der Waals surface area (Å²) >= 11 is 0. The number of methoxy groups -OCH3 is 1. The summed E-state index contributed by atoms with van der Waals surface area (Å²) < 4.78 is 5.00. The summed E-state index contributed by atoms with van der Waals surface area (Å²) in [4.78, 5) is 13.1. The summed E-state index contributed by atoms with van der Waals surface area (Å²) in [6, 6.07) is 7.47. The summed E-state index contributed by atoms with van der Waals surface area (Å²) in [6.07, 6.45) is 0. The van der Waals surface area contributed by atoms with Crippen molar-refractivity contribution in [2.24, 2.45) is 0 Å². The number of nitrogens with zero attached hydrogens (tertiary/aromatic N) is 1. The van der Waals surface area contributed by atoms with E-state index in [1.807, 2.05) is 24.3 Å². The molecule has 0 saturated heterocycles. The van der Waals surface area contributed by atoms with Crippen LogP contribution in [0.3, 0.4) is 0 Å². The van der Waals surface area contributed by atoms with Crippen LogP contribution in [0.25, 0.3) is 0 Å². The molecular weight excluding hydrogens is 178 g/mol. The Balaban J connectivity index is 2.88. The number of amides is 1. The van der Waals surface area contributed by atoms with E-state index in [9.17, 15) is 4.79 Å². The normalized spacial score (nSPS) is 9.93. The maximum absolute atomic E-state index is 11.6. The fourth-order valence-electron chi connectivity index (χ4n) is 1.22. The first-order chi connectivity index (χ1) is 6.65. The zero-order chi connectivity index (χ0) is 10.6. The highest BCUT2D eigenvalue weighted by Gasteiger charge is 2.07. The first kappa shape index (κ1) is 10.7. The lowest BCUT2D eigenvalue weighted by molar-refractivity contribution is 0.0827. The van der Waals surface area contributed by atoms with Gasteiger partial charge in [0.2, 0.25) is 0 Å². The Morgan fingerprint density at radius 3 is 2.71 bits per heavy atom. The van der Waals surface area contributed by atoms with E-state index in [-0.39, 0.29) is 5.91 Å². The Morgan fingerprint density at radius 1 is 1.43 bits per heavy atom. The Morgan fingerprint density at radius 2 is 2.14 bits per heavy atom. The Kier molecular flexibility index (Phi) is 3.65. The molecule has 1 amide bonds. The zero-order valence-electron chi connectivity index (χ0n) is 8.78. The van der Waals surface area contributed by atoms with Gasteiger partial charge in [-0.3, -0.25) is 4.79 Å². The van der Waals surface area contributed by atoms with Gasteiger partial charge in [-0.1, -0.05) is 12.1 Å². The minimum atomic E-state index is 0.0166. The average Bonchev–Trinajstić information content (AvgIpc) is 2.17. The largest absolute Gasteiger partial charge is 0.380 e.